The van der Waals surface area contributed by atoms with E-state index in [1.807, 2.05) is 60.7 Å². The number of carbonyl (C=O) groups excluding carboxylic acids is 3. The molecule has 0 aliphatic rings. The van der Waals surface area contributed by atoms with E-state index in [-0.39, 0.29) is 32.2 Å². The van der Waals surface area contributed by atoms with Crippen molar-refractivity contribution < 1.29 is 23.9 Å². The molecule has 5 N–H and O–H groups in total. The number of alkyl carbamates (subject to hydrolysis) is 2. The van der Waals surface area contributed by atoms with Crippen LogP contribution in [0, 0.1) is 0 Å². The highest BCUT2D eigenvalue weighted by atomic mass is 16.6. The van der Waals surface area contributed by atoms with Gasteiger partial charge in [-0.2, -0.15) is 0 Å². The van der Waals surface area contributed by atoms with Crippen molar-refractivity contribution in [2.24, 2.45) is 5.73 Å². The zero-order valence-electron chi connectivity index (χ0n) is 17.9. The summed E-state index contributed by atoms with van der Waals surface area (Å²) < 4.78 is 10.2. The molecule has 0 aromatic heterocycles. The zero-order chi connectivity index (χ0) is 23.0. The molecule has 1 atom stereocenters. The van der Waals surface area contributed by atoms with E-state index in [2.05, 4.69) is 16.0 Å². The number of nitrogens with one attached hydrogen (secondary N) is 3. The van der Waals surface area contributed by atoms with Crippen LogP contribution >= 0.6 is 0 Å². The lowest BCUT2D eigenvalue weighted by atomic mass is 10.1. The van der Waals surface area contributed by atoms with Crippen molar-refractivity contribution in [3.63, 3.8) is 0 Å². The van der Waals surface area contributed by atoms with Crippen molar-refractivity contribution >= 4 is 18.1 Å². The Morgan fingerprint density at radius 1 is 0.719 bits per heavy atom. The first-order valence-corrected chi connectivity index (χ1v) is 10.5. The van der Waals surface area contributed by atoms with E-state index in [1.165, 1.54) is 0 Å². The van der Waals surface area contributed by atoms with Gasteiger partial charge in [0.15, 0.2) is 0 Å². The zero-order valence-corrected chi connectivity index (χ0v) is 17.9. The molecule has 172 valence electrons. The first-order valence-electron chi connectivity index (χ1n) is 10.5. The van der Waals surface area contributed by atoms with E-state index in [0.717, 1.165) is 11.1 Å². The first-order chi connectivity index (χ1) is 15.5. The molecule has 2 aromatic carbocycles. The quantitative estimate of drug-likeness (QED) is 0.372. The minimum absolute atomic E-state index is 0.178. The maximum Gasteiger partial charge on any atom is 0.407 e. The van der Waals surface area contributed by atoms with Crippen LogP contribution in [-0.2, 0) is 27.5 Å². The van der Waals surface area contributed by atoms with Crippen LogP contribution in [-0.4, -0.2) is 43.8 Å². The second-order valence-corrected chi connectivity index (χ2v) is 7.02. The first kappa shape index (κ1) is 24.7. The molecule has 2 rings (SSSR count). The van der Waals surface area contributed by atoms with Crippen molar-refractivity contribution in [1.29, 1.82) is 0 Å². The number of rotatable bonds is 12. The molecule has 0 spiro atoms. The summed E-state index contributed by atoms with van der Waals surface area (Å²) in [6.07, 6.45) is -0.147. The number of hydrogen-bond donors (Lipinski definition) is 4. The molecule has 0 saturated carbocycles. The summed E-state index contributed by atoms with van der Waals surface area (Å²) in [5, 5.41) is 7.84. The van der Waals surface area contributed by atoms with E-state index in [0.29, 0.717) is 19.4 Å². The van der Waals surface area contributed by atoms with Crippen LogP contribution in [0.3, 0.4) is 0 Å². The van der Waals surface area contributed by atoms with Gasteiger partial charge in [0, 0.05) is 19.6 Å². The average Bonchev–Trinajstić information content (AvgIpc) is 2.83. The maximum absolute atomic E-state index is 12.0. The molecule has 0 aliphatic heterocycles. The lowest BCUT2D eigenvalue weighted by Gasteiger charge is -2.13. The highest BCUT2D eigenvalue weighted by Crippen LogP contribution is 2.01. The van der Waals surface area contributed by atoms with Gasteiger partial charge < -0.3 is 31.2 Å². The Morgan fingerprint density at radius 3 is 1.72 bits per heavy atom. The molecule has 0 saturated heterocycles. The highest BCUT2D eigenvalue weighted by Gasteiger charge is 2.13. The molecule has 0 aliphatic carbocycles. The average molecular weight is 443 g/mol. The van der Waals surface area contributed by atoms with Gasteiger partial charge in [0.2, 0.25) is 5.91 Å². The Kier molecular flexibility index (Phi) is 11.1. The molecule has 0 fully saturated rings. The van der Waals surface area contributed by atoms with Crippen molar-refractivity contribution in [1.82, 2.24) is 16.0 Å². The molecule has 32 heavy (non-hydrogen) atoms. The predicted molar refractivity (Wildman–Crippen MR) is 119 cm³/mol. The lowest BCUT2D eigenvalue weighted by Crippen LogP contribution is -2.43. The van der Waals surface area contributed by atoms with Gasteiger partial charge in [-0.15, -0.1) is 0 Å². The Labute approximate surface area is 187 Å². The summed E-state index contributed by atoms with van der Waals surface area (Å²) in [4.78, 5) is 35.3. The van der Waals surface area contributed by atoms with E-state index >= 15 is 0 Å². The van der Waals surface area contributed by atoms with Gasteiger partial charge in [0.05, 0.1) is 6.04 Å². The second kappa shape index (κ2) is 14.4. The fourth-order valence-corrected chi connectivity index (χ4v) is 2.67. The smallest absolute Gasteiger partial charge is 0.407 e. The fourth-order valence-electron chi connectivity index (χ4n) is 2.67. The largest absolute Gasteiger partial charge is 0.445 e. The third kappa shape index (κ3) is 10.4. The fraction of sp³-hybridized carbons (Fsp3) is 0.348. The van der Waals surface area contributed by atoms with E-state index in [1.54, 1.807) is 0 Å². The molecule has 9 heteroatoms. The second-order valence-electron chi connectivity index (χ2n) is 7.02. The molecular formula is C23H30N4O5. The SMILES string of the molecule is N[C@@H](CCCNC(=O)OCc1ccccc1)C(=O)NCCNC(=O)OCc1ccccc1. The van der Waals surface area contributed by atoms with Gasteiger partial charge in [0.1, 0.15) is 13.2 Å². The minimum atomic E-state index is -0.706. The van der Waals surface area contributed by atoms with Crippen molar-refractivity contribution in [2.45, 2.75) is 32.1 Å². The molecule has 0 bridgehead atoms. The monoisotopic (exact) mass is 442 g/mol. The number of benzene rings is 2. The van der Waals surface area contributed by atoms with Crippen LogP contribution in [0.5, 0.6) is 0 Å². The summed E-state index contributed by atoms with van der Waals surface area (Å²) in [6, 6.07) is 18.0. The third-order valence-corrected chi connectivity index (χ3v) is 4.42. The van der Waals surface area contributed by atoms with Gasteiger partial charge in [-0.25, -0.2) is 9.59 Å². The van der Waals surface area contributed by atoms with Crippen molar-refractivity contribution in [2.75, 3.05) is 19.6 Å². The predicted octanol–water partition coefficient (Wildman–Crippen LogP) is 2.06. The number of nitrogens with two attached hydrogens (primary N) is 1. The van der Waals surface area contributed by atoms with Crippen molar-refractivity contribution in [3.05, 3.63) is 71.8 Å². The van der Waals surface area contributed by atoms with Crippen molar-refractivity contribution in [3.8, 4) is 0 Å². The summed E-state index contributed by atoms with van der Waals surface area (Å²) >= 11 is 0. The number of carbonyl (C=O) groups is 3. The van der Waals surface area contributed by atoms with Gasteiger partial charge in [0.25, 0.3) is 0 Å². The van der Waals surface area contributed by atoms with Gasteiger partial charge >= 0.3 is 12.2 Å². The van der Waals surface area contributed by atoms with Crippen LogP contribution in [0.2, 0.25) is 0 Å². The lowest BCUT2D eigenvalue weighted by molar-refractivity contribution is -0.122. The molecule has 3 amide bonds. The topological polar surface area (TPSA) is 132 Å². The molecule has 0 heterocycles. The number of hydrogen-bond acceptors (Lipinski definition) is 6. The summed E-state index contributed by atoms with van der Waals surface area (Å²) in [6.45, 7) is 1.18. The maximum atomic E-state index is 12.0. The third-order valence-electron chi connectivity index (χ3n) is 4.42. The normalized spacial score (nSPS) is 11.2. The van der Waals surface area contributed by atoms with Gasteiger partial charge in [-0.1, -0.05) is 60.7 Å². The molecule has 9 nitrogen and oxygen atoms in total. The van der Waals surface area contributed by atoms with Gasteiger partial charge in [-0.05, 0) is 24.0 Å². The molecular weight excluding hydrogens is 412 g/mol. The van der Waals surface area contributed by atoms with Gasteiger partial charge in [-0.3, -0.25) is 4.79 Å². The summed E-state index contributed by atoms with van der Waals surface area (Å²) in [5.74, 6) is -0.323. The minimum Gasteiger partial charge on any atom is -0.445 e. The summed E-state index contributed by atoms with van der Waals surface area (Å²) in [5.41, 5.74) is 7.65. The molecule has 0 radical (unpaired) electrons. The Morgan fingerprint density at radius 2 is 1.19 bits per heavy atom. The van der Waals surface area contributed by atoms with Crippen LogP contribution in [0.15, 0.2) is 60.7 Å². The standard InChI is InChI=1S/C23H30N4O5/c24-20(12-7-13-26-22(29)31-16-18-8-3-1-4-9-18)21(28)25-14-15-27-23(30)32-17-19-10-5-2-6-11-19/h1-6,8-11,20H,7,12-17,24H2,(H,25,28)(H,26,29)(H,27,30)/t20-/m0/s1. The Bertz CT molecular complexity index is 833. The van der Waals surface area contributed by atoms with E-state index in [4.69, 9.17) is 15.2 Å². The summed E-state index contributed by atoms with van der Waals surface area (Å²) in [7, 11) is 0. The van der Waals surface area contributed by atoms with Crippen LogP contribution < -0.4 is 21.7 Å². The van der Waals surface area contributed by atoms with E-state index < -0.39 is 18.2 Å². The van der Waals surface area contributed by atoms with Crippen LogP contribution in [0.25, 0.3) is 0 Å². The number of amides is 3. The molecule has 2 aromatic rings. The highest BCUT2D eigenvalue weighted by molar-refractivity contribution is 5.81. The Hall–Kier alpha value is -3.59. The number of ether oxygens (including phenoxy) is 2. The van der Waals surface area contributed by atoms with Crippen LogP contribution in [0.4, 0.5) is 9.59 Å². The van der Waals surface area contributed by atoms with E-state index in [9.17, 15) is 14.4 Å². The Balaban J connectivity index is 1.47. The van der Waals surface area contributed by atoms with Crippen LogP contribution in [0.1, 0.15) is 24.0 Å². The molecule has 0 unspecified atom stereocenters.